The Labute approximate surface area is 76.1 Å². The number of rotatable bonds is 2. The maximum Gasteiger partial charge on any atom is 0.0522 e. The molecule has 0 heterocycles. The average molecular weight is 180 g/mol. The van der Waals surface area contributed by atoms with Gasteiger partial charge >= 0.3 is 0 Å². The lowest BCUT2D eigenvalue weighted by Crippen LogP contribution is -2.09. The molecule has 0 aromatic heterocycles. The summed E-state index contributed by atoms with van der Waals surface area (Å²) in [6, 6.07) is 0. The van der Waals surface area contributed by atoms with E-state index in [9.17, 15) is 0 Å². The molecule has 0 aromatic carbocycles. The number of aliphatic hydroxyl groups excluding tert-OH is 1. The van der Waals surface area contributed by atoms with Crippen molar-refractivity contribution < 1.29 is 15.3 Å². The van der Waals surface area contributed by atoms with E-state index in [0.29, 0.717) is 12.2 Å². The van der Waals surface area contributed by atoms with Crippen LogP contribution in [0.1, 0.15) is 41.5 Å². The Bertz CT molecular complexity index is 61.4. The van der Waals surface area contributed by atoms with Gasteiger partial charge in [-0.25, -0.2) is 0 Å². The Balaban J connectivity index is -0.000000142. The quantitative estimate of drug-likeness (QED) is 0.698. The van der Waals surface area contributed by atoms with E-state index in [4.69, 9.17) is 9.84 Å². The third kappa shape index (κ3) is 51.8. The predicted octanol–water partition coefficient (Wildman–Crippen LogP) is 1.38. The van der Waals surface area contributed by atoms with Gasteiger partial charge in [-0.1, -0.05) is 0 Å². The van der Waals surface area contributed by atoms with Crippen molar-refractivity contribution >= 4 is 0 Å². The second-order valence-electron chi connectivity index (χ2n) is 3.33. The summed E-state index contributed by atoms with van der Waals surface area (Å²) in [7, 11) is 0. The SMILES string of the molecule is CC(C)O.CC(C)OC(C)C.O. The highest BCUT2D eigenvalue weighted by molar-refractivity contribution is 4.40. The van der Waals surface area contributed by atoms with Gasteiger partial charge in [-0.3, -0.25) is 0 Å². The maximum atomic E-state index is 8.06. The molecule has 0 saturated carbocycles. The summed E-state index contributed by atoms with van der Waals surface area (Å²) in [6.45, 7) is 11.6. The number of hydrogen-bond donors (Lipinski definition) is 1. The molecule has 0 aliphatic heterocycles. The Morgan fingerprint density at radius 2 is 1.00 bits per heavy atom. The van der Waals surface area contributed by atoms with Crippen LogP contribution in [0.4, 0.5) is 0 Å². The largest absolute Gasteiger partial charge is 0.412 e. The highest BCUT2D eigenvalue weighted by atomic mass is 16.5. The molecule has 0 fully saturated rings. The summed E-state index contributed by atoms with van der Waals surface area (Å²) in [6.07, 6.45) is 0.583. The van der Waals surface area contributed by atoms with Gasteiger partial charge < -0.3 is 15.3 Å². The normalized spacial score (nSPS) is 9.50. The molecular weight excluding hydrogens is 156 g/mol. The zero-order valence-corrected chi connectivity index (χ0v) is 9.09. The minimum Gasteiger partial charge on any atom is -0.412 e. The maximum absolute atomic E-state index is 8.06. The van der Waals surface area contributed by atoms with Gasteiger partial charge in [0.05, 0.1) is 12.2 Å². The van der Waals surface area contributed by atoms with Crippen LogP contribution in [0.5, 0.6) is 0 Å². The van der Waals surface area contributed by atoms with E-state index in [0.717, 1.165) is 0 Å². The first kappa shape index (κ1) is 17.8. The molecule has 0 saturated heterocycles. The summed E-state index contributed by atoms with van der Waals surface area (Å²) in [5.74, 6) is 0. The molecule has 3 nitrogen and oxygen atoms in total. The lowest BCUT2D eigenvalue weighted by atomic mass is 10.4. The molecule has 0 atom stereocenters. The van der Waals surface area contributed by atoms with E-state index in [1.807, 2.05) is 27.7 Å². The zero-order valence-electron chi connectivity index (χ0n) is 9.09. The van der Waals surface area contributed by atoms with Crippen molar-refractivity contribution in [2.75, 3.05) is 0 Å². The molecule has 0 spiro atoms. The van der Waals surface area contributed by atoms with Crippen LogP contribution >= 0.6 is 0 Å². The first-order valence-electron chi connectivity index (χ1n) is 4.19. The molecule has 3 N–H and O–H groups in total. The summed E-state index contributed by atoms with van der Waals surface area (Å²) in [4.78, 5) is 0. The van der Waals surface area contributed by atoms with Gasteiger partial charge in [0.25, 0.3) is 0 Å². The molecular formula is C9H24O3. The van der Waals surface area contributed by atoms with Crippen LogP contribution in [-0.4, -0.2) is 28.9 Å². The second kappa shape index (κ2) is 10.9. The molecule has 78 valence electrons. The van der Waals surface area contributed by atoms with Crippen molar-refractivity contribution in [3.05, 3.63) is 0 Å². The highest BCUT2D eigenvalue weighted by Crippen LogP contribution is 1.93. The standard InChI is InChI=1S/C6H14O.C3H8O.H2O/c1-5(2)7-6(3)4;1-3(2)4;/h5-6H,1-4H3;3-4H,1-2H3;1H2. The van der Waals surface area contributed by atoms with Crippen LogP contribution in [0.2, 0.25) is 0 Å². The van der Waals surface area contributed by atoms with Crippen LogP contribution < -0.4 is 0 Å². The average Bonchev–Trinajstić information content (AvgIpc) is 1.56. The molecule has 3 heteroatoms. The van der Waals surface area contributed by atoms with Crippen molar-refractivity contribution in [3.63, 3.8) is 0 Å². The second-order valence-corrected chi connectivity index (χ2v) is 3.33. The summed E-state index contributed by atoms with van der Waals surface area (Å²) >= 11 is 0. The summed E-state index contributed by atoms with van der Waals surface area (Å²) < 4.78 is 5.25. The molecule has 12 heavy (non-hydrogen) atoms. The monoisotopic (exact) mass is 180 g/mol. The van der Waals surface area contributed by atoms with Gasteiger partial charge in [-0.05, 0) is 41.5 Å². The van der Waals surface area contributed by atoms with Crippen LogP contribution in [0, 0.1) is 0 Å². The Hall–Kier alpha value is -0.120. The van der Waals surface area contributed by atoms with Crippen LogP contribution in [-0.2, 0) is 4.74 Å². The summed E-state index contributed by atoms with van der Waals surface area (Å²) in [5.41, 5.74) is 0. The topological polar surface area (TPSA) is 61.0 Å². The molecule has 0 bridgehead atoms. The van der Waals surface area contributed by atoms with Gasteiger partial charge in [0.1, 0.15) is 0 Å². The molecule has 0 aliphatic rings. The smallest absolute Gasteiger partial charge is 0.0522 e. The molecule has 0 amide bonds. The van der Waals surface area contributed by atoms with Gasteiger partial charge in [-0.2, -0.15) is 0 Å². The lowest BCUT2D eigenvalue weighted by molar-refractivity contribution is 0.0300. The van der Waals surface area contributed by atoms with Crippen molar-refractivity contribution in [1.82, 2.24) is 0 Å². The Kier molecular flexibility index (Phi) is 16.2. The fraction of sp³-hybridized carbons (Fsp3) is 1.00. The summed E-state index contributed by atoms with van der Waals surface area (Å²) in [5, 5.41) is 8.06. The van der Waals surface area contributed by atoms with E-state index >= 15 is 0 Å². The third-order valence-corrected chi connectivity index (χ3v) is 0.544. The Morgan fingerprint density at radius 1 is 0.833 bits per heavy atom. The first-order valence-corrected chi connectivity index (χ1v) is 4.19. The minimum absolute atomic E-state index is 0. The predicted molar refractivity (Wildman–Crippen MR) is 52.3 cm³/mol. The van der Waals surface area contributed by atoms with Gasteiger partial charge in [0.15, 0.2) is 0 Å². The van der Waals surface area contributed by atoms with Crippen molar-refractivity contribution in [3.8, 4) is 0 Å². The fourth-order valence-electron chi connectivity index (χ4n) is 0.544. The molecule has 0 unspecified atom stereocenters. The zero-order chi connectivity index (χ0) is 9.44. The molecule has 0 aromatic rings. The van der Waals surface area contributed by atoms with Crippen LogP contribution in [0.3, 0.4) is 0 Å². The molecule has 0 radical (unpaired) electrons. The van der Waals surface area contributed by atoms with Crippen molar-refractivity contribution in [1.29, 1.82) is 0 Å². The Morgan fingerprint density at radius 3 is 1.00 bits per heavy atom. The van der Waals surface area contributed by atoms with Gasteiger partial charge in [0.2, 0.25) is 0 Å². The molecule has 0 aliphatic carbocycles. The fourth-order valence-corrected chi connectivity index (χ4v) is 0.544. The lowest BCUT2D eigenvalue weighted by Gasteiger charge is -2.09. The number of ether oxygens (including phenoxy) is 1. The van der Waals surface area contributed by atoms with Crippen LogP contribution in [0.15, 0.2) is 0 Å². The van der Waals surface area contributed by atoms with Crippen molar-refractivity contribution in [2.24, 2.45) is 0 Å². The number of hydrogen-bond acceptors (Lipinski definition) is 2. The van der Waals surface area contributed by atoms with E-state index in [-0.39, 0.29) is 11.6 Å². The van der Waals surface area contributed by atoms with E-state index in [2.05, 4.69) is 0 Å². The van der Waals surface area contributed by atoms with Gasteiger partial charge in [-0.15, -0.1) is 0 Å². The van der Waals surface area contributed by atoms with Crippen molar-refractivity contribution in [2.45, 2.75) is 59.9 Å². The highest BCUT2D eigenvalue weighted by Gasteiger charge is 1.94. The molecule has 0 rings (SSSR count). The minimum atomic E-state index is -0.167. The van der Waals surface area contributed by atoms with E-state index < -0.39 is 0 Å². The van der Waals surface area contributed by atoms with E-state index in [1.165, 1.54) is 0 Å². The number of aliphatic hydroxyl groups is 1. The van der Waals surface area contributed by atoms with E-state index in [1.54, 1.807) is 13.8 Å². The first-order chi connectivity index (χ1) is 4.86. The van der Waals surface area contributed by atoms with Crippen LogP contribution in [0.25, 0.3) is 0 Å². The third-order valence-electron chi connectivity index (χ3n) is 0.544. The van der Waals surface area contributed by atoms with Gasteiger partial charge in [0, 0.05) is 6.10 Å².